The van der Waals surface area contributed by atoms with Crippen molar-refractivity contribution in [2.24, 2.45) is 0 Å². The van der Waals surface area contributed by atoms with Crippen molar-refractivity contribution in [2.45, 2.75) is 18.9 Å². The maximum atomic E-state index is 10.8. The van der Waals surface area contributed by atoms with Crippen molar-refractivity contribution in [3.63, 3.8) is 0 Å². The molecule has 1 atom stereocenters. The van der Waals surface area contributed by atoms with E-state index in [1.165, 1.54) is 0 Å². The lowest BCUT2D eigenvalue weighted by atomic mass is 9.96. The molecule has 1 heterocycles. The number of amides is 1. The Labute approximate surface area is 69.7 Å². The van der Waals surface area contributed by atoms with Crippen LogP contribution in [0.25, 0.3) is 0 Å². The zero-order valence-electron chi connectivity index (χ0n) is 6.79. The predicted octanol–water partition coefficient (Wildman–Crippen LogP) is -0.634. The summed E-state index contributed by atoms with van der Waals surface area (Å²) >= 11 is 0. The Kier molecular flexibility index (Phi) is 2.32. The monoisotopic (exact) mass is 173 g/mol. The molecule has 0 aromatic heterocycles. The number of morpholine rings is 1. The Hall–Kier alpha value is -1.10. The zero-order chi connectivity index (χ0) is 9.19. The van der Waals surface area contributed by atoms with Crippen LogP contribution in [0.5, 0.6) is 0 Å². The van der Waals surface area contributed by atoms with Crippen LogP contribution in [0.3, 0.4) is 0 Å². The number of aliphatic carboxylic acids is 1. The van der Waals surface area contributed by atoms with Gasteiger partial charge in [0.05, 0.1) is 6.61 Å². The molecule has 2 N–H and O–H groups in total. The molecule has 0 bridgehead atoms. The summed E-state index contributed by atoms with van der Waals surface area (Å²) in [6.45, 7) is 1.70. The van der Waals surface area contributed by atoms with Crippen molar-refractivity contribution in [1.82, 2.24) is 5.32 Å². The highest BCUT2D eigenvalue weighted by atomic mass is 16.5. The van der Waals surface area contributed by atoms with E-state index in [0.717, 1.165) is 0 Å². The van der Waals surface area contributed by atoms with Gasteiger partial charge in [-0.05, 0) is 6.42 Å². The van der Waals surface area contributed by atoms with Gasteiger partial charge in [-0.1, -0.05) is 6.92 Å². The molecule has 68 valence electrons. The summed E-state index contributed by atoms with van der Waals surface area (Å²) < 4.78 is 4.86. The second-order valence-electron chi connectivity index (χ2n) is 2.78. The van der Waals surface area contributed by atoms with Gasteiger partial charge < -0.3 is 15.2 Å². The smallest absolute Gasteiger partial charge is 0.331 e. The van der Waals surface area contributed by atoms with Crippen LogP contribution in [0.2, 0.25) is 0 Å². The molecule has 1 saturated heterocycles. The summed E-state index contributed by atoms with van der Waals surface area (Å²) in [4.78, 5) is 21.6. The number of carbonyl (C=O) groups excluding carboxylic acids is 1. The summed E-state index contributed by atoms with van der Waals surface area (Å²) in [5.41, 5.74) is -1.21. The SMILES string of the molecule is CCC1(C(=O)O)COCC(=O)N1. The quantitative estimate of drug-likeness (QED) is 0.582. The van der Waals surface area contributed by atoms with E-state index < -0.39 is 11.5 Å². The maximum Gasteiger partial charge on any atom is 0.331 e. The van der Waals surface area contributed by atoms with Gasteiger partial charge in [-0.15, -0.1) is 0 Å². The van der Waals surface area contributed by atoms with E-state index in [-0.39, 0.29) is 19.1 Å². The molecule has 1 aliphatic heterocycles. The van der Waals surface area contributed by atoms with Crippen LogP contribution in [0.4, 0.5) is 0 Å². The van der Waals surface area contributed by atoms with Gasteiger partial charge in [-0.2, -0.15) is 0 Å². The molecule has 0 spiro atoms. The molecular formula is C7H11NO4. The van der Waals surface area contributed by atoms with Crippen molar-refractivity contribution in [3.8, 4) is 0 Å². The molecule has 0 aliphatic carbocycles. The third-order valence-corrected chi connectivity index (χ3v) is 1.97. The van der Waals surface area contributed by atoms with Gasteiger partial charge in [0.15, 0.2) is 5.54 Å². The summed E-state index contributed by atoms with van der Waals surface area (Å²) in [5.74, 6) is -1.41. The number of carbonyl (C=O) groups is 2. The van der Waals surface area contributed by atoms with Crippen LogP contribution in [-0.2, 0) is 14.3 Å². The predicted molar refractivity (Wildman–Crippen MR) is 39.6 cm³/mol. The van der Waals surface area contributed by atoms with Gasteiger partial charge in [0.25, 0.3) is 0 Å². The minimum absolute atomic E-state index is 0.0462. The standard InChI is InChI=1S/C7H11NO4/c1-2-7(6(10)11)4-12-3-5(9)8-7/h2-4H2,1H3,(H,8,9)(H,10,11). The molecule has 0 saturated carbocycles. The average molecular weight is 173 g/mol. The van der Waals surface area contributed by atoms with E-state index in [1.54, 1.807) is 6.92 Å². The van der Waals surface area contributed by atoms with Gasteiger partial charge in [0.1, 0.15) is 6.61 Å². The van der Waals surface area contributed by atoms with Gasteiger partial charge in [0, 0.05) is 0 Å². The van der Waals surface area contributed by atoms with Crippen molar-refractivity contribution in [1.29, 1.82) is 0 Å². The van der Waals surface area contributed by atoms with Gasteiger partial charge in [0.2, 0.25) is 5.91 Å². The van der Waals surface area contributed by atoms with Crippen LogP contribution in [0, 0.1) is 0 Å². The van der Waals surface area contributed by atoms with E-state index in [4.69, 9.17) is 9.84 Å². The normalized spacial score (nSPS) is 29.6. The third-order valence-electron chi connectivity index (χ3n) is 1.97. The molecular weight excluding hydrogens is 162 g/mol. The number of rotatable bonds is 2. The Morgan fingerprint density at radius 2 is 2.50 bits per heavy atom. The Balaban J connectivity index is 2.78. The third kappa shape index (κ3) is 1.40. The maximum absolute atomic E-state index is 10.8. The number of carboxylic acid groups (broad SMARTS) is 1. The molecule has 1 fully saturated rings. The topological polar surface area (TPSA) is 75.6 Å². The lowest BCUT2D eigenvalue weighted by Gasteiger charge is -2.32. The summed E-state index contributed by atoms with van der Waals surface area (Å²) in [7, 11) is 0. The van der Waals surface area contributed by atoms with Crippen molar-refractivity contribution in [2.75, 3.05) is 13.2 Å². The number of hydrogen-bond donors (Lipinski definition) is 2. The highest BCUT2D eigenvalue weighted by Crippen LogP contribution is 2.14. The lowest BCUT2D eigenvalue weighted by molar-refractivity contribution is -0.157. The van der Waals surface area contributed by atoms with Crippen LogP contribution in [-0.4, -0.2) is 35.7 Å². The first-order valence-corrected chi connectivity index (χ1v) is 3.73. The van der Waals surface area contributed by atoms with Crippen molar-refractivity contribution >= 4 is 11.9 Å². The first-order valence-electron chi connectivity index (χ1n) is 3.73. The van der Waals surface area contributed by atoms with E-state index in [0.29, 0.717) is 6.42 Å². The minimum Gasteiger partial charge on any atom is -0.479 e. The van der Waals surface area contributed by atoms with Gasteiger partial charge in [-0.3, -0.25) is 4.79 Å². The highest BCUT2D eigenvalue weighted by Gasteiger charge is 2.41. The first-order chi connectivity index (χ1) is 5.60. The molecule has 1 unspecified atom stereocenters. The number of hydrogen-bond acceptors (Lipinski definition) is 3. The second kappa shape index (κ2) is 3.10. The van der Waals surface area contributed by atoms with Crippen LogP contribution in [0.1, 0.15) is 13.3 Å². The molecule has 0 radical (unpaired) electrons. The molecule has 1 amide bonds. The molecule has 5 nitrogen and oxygen atoms in total. The summed E-state index contributed by atoms with van der Waals surface area (Å²) in [5, 5.41) is 11.2. The van der Waals surface area contributed by atoms with Crippen molar-refractivity contribution in [3.05, 3.63) is 0 Å². The second-order valence-corrected chi connectivity index (χ2v) is 2.78. The highest BCUT2D eigenvalue weighted by molar-refractivity contribution is 5.88. The zero-order valence-corrected chi connectivity index (χ0v) is 6.79. The van der Waals surface area contributed by atoms with Crippen LogP contribution < -0.4 is 5.32 Å². The fraction of sp³-hybridized carbons (Fsp3) is 0.714. The summed E-state index contributed by atoms with van der Waals surface area (Å²) in [6.07, 6.45) is 0.327. The number of carboxylic acids is 1. The Morgan fingerprint density at radius 1 is 1.83 bits per heavy atom. The first kappa shape index (κ1) is 8.99. The molecule has 1 aliphatic rings. The molecule has 1 rings (SSSR count). The Bertz CT molecular complexity index is 215. The van der Waals surface area contributed by atoms with E-state index in [9.17, 15) is 9.59 Å². The van der Waals surface area contributed by atoms with E-state index in [1.807, 2.05) is 0 Å². The van der Waals surface area contributed by atoms with Crippen LogP contribution in [0.15, 0.2) is 0 Å². The average Bonchev–Trinajstić information content (AvgIpc) is 2.04. The Morgan fingerprint density at radius 3 is 2.83 bits per heavy atom. The van der Waals surface area contributed by atoms with Crippen molar-refractivity contribution < 1.29 is 19.4 Å². The minimum atomic E-state index is -1.21. The van der Waals surface area contributed by atoms with Gasteiger partial charge >= 0.3 is 5.97 Å². The number of nitrogens with one attached hydrogen (secondary N) is 1. The largest absolute Gasteiger partial charge is 0.479 e. The molecule has 0 aromatic rings. The van der Waals surface area contributed by atoms with Crippen LogP contribution >= 0.6 is 0 Å². The number of ether oxygens (including phenoxy) is 1. The molecule has 0 aromatic carbocycles. The summed E-state index contributed by atoms with van der Waals surface area (Å²) in [6, 6.07) is 0. The molecule has 5 heteroatoms. The fourth-order valence-corrected chi connectivity index (χ4v) is 1.11. The lowest BCUT2D eigenvalue weighted by Crippen LogP contribution is -2.61. The molecule has 12 heavy (non-hydrogen) atoms. The van der Waals surface area contributed by atoms with E-state index >= 15 is 0 Å². The van der Waals surface area contributed by atoms with E-state index in [2.05, 4.69) is 5.32 Å². The van der Waals surface area contributed by atoms with Gasteiger partial charge in [-0.25, -0.2) is 4.79 Å². The fourth-order valence-electron chi connectivity index (χ4n) is 1.11.